The van der Waals surface area contributed by atoms with E-state index >= 15 is 0 Å². The normalized spacial score (nSPS) is 21.9. The molecule has 1 aromatic rings. The van der Waals surface area contributed by atoms with Crippen molar-refractivity contribution >= 4 is 5.71 Å². The molecule has 0 spiro atoms. The second kappa shape index (κ2) is 4.16. The SMILES string of the molecule is CON=C1c2ccc(O)c(C)c2CCC1C. The van der Waals surface area contributed by atoms with Crippen molar-refractivity contribution in [2.75, 3.05) is 7.11 Å². The zero-order chi connectivity index (χ0) is 11.7. The Labute approximate surface area is 95.7 Å². The number of rotatable bonds is 1. The number of fused-ring (bicyclic) bond motifs is 1. The molecule has 86 valence electrons. The molecule has 1 atom stereocenters. The van der Waals surface area contributed by atoms with E-state index < -0.39 is 0 Å². The summed E-state index contributed by atoms with van der Waals surface area (Å²) >= 11 is 0. The summed E-state index contributed by atoms with van der Waals surface area (Å²) in [5, 5.41) is 13.8. The highest BCUT2D eigenvalue weighted by atomic mass is 16.6. The summed E-state index contributed by atoms with van der Waals surface area (Å²) in [6.07, 6.45) is 2.05. The summed E-state index contributed by atoms with van der Waals surface area (Å²) in [4.78, 5) is 4.90. The molecular formula is C13H17NO2. The fraction of sp³-hybridized carbons (Fsp3) is 0.462. The van der Waals surface area contributed by atoms with Gasteiger partial charge in [-0.25, -0.2) is 0 Å². The van der Waals surface area contributed by atoms with Gasteiger partial charge in [0.25, 0.3) is 0 Å². The maximum atomic E-state index is 9.69. The van der Waals surface area contributed by atoms with Gasteiger partial charge in [0.15, 0.2) is 0 Å². The third kappa shape index (κ3) is 1.66. The first kappa shape index (κ1) is 11.0. The number of hydrogen-bond acceptors (Lipinski definition) is 3. The van der Waals surface area contributed by atoms with Crippen molar-refractivity contribution in [3.8, 4) is 5.75 Å². The van der Waals surface area contributed by atoms with Gasteiger partial charge in [-0.05, 0) is 43.0 Å². The van der Waals surface area contributed by atoms with Gasteiger partial charge in [-0.1, -0.05) is 12.1 Å². The molecule has 0 saturated heterocycles. The van der Waals surface area contributed by atoms with E-state index in [9.17, 15) is 5.11 Å². The third-order valence-corrected chi connectivity index (χ3v) is 3.33. The lowest BCUT2D eigenvalue weighted by Gasteiger charge is -2.24. The Kier molecular flexibility index (Phi) is 2.86. The molecule has 1 N–H and O–H groups in total. The van der Waals surface area contributed by atoms with Crippen molar-refractivity contribution in [2.45, 2.75) is 26.7 Å². The number of hydrogen-bond donors (Lipinski definition) is 1. The molecule has 0 aliphatic heterocycles. The van der Waals surface area contributed by atoms with E-state index in [1.54, 1.807) is 13.2 Å². The van der Waals surface area contributed by atoms with Gasteiger partial charge in [-0.3, -0.25) is 0 Å². The predicted octanol–water partition coefficient (Wildman–Crippen LogP) is 2.63. The molecule has 0 heterocycles. The Morgan fingerprint density at radius 2 is 2.19 bits per heavy atom. The first-order chi connectivity index (χ1) is 7.65. The van der Waals surface area contributed by atoms with E-state index in [-0.39, 0.29) is 0 Å². The Morgan fingerprint density at radius 1 is 1.44 bits per heavy atom. The second-order valence-corrected chi connectivity index (χ2v) is 4.33. The van der Waals surface area contributed by atoms with Crippen LogP contribution in [-0.2, 0) is 11.3 Å². The lowest BCUT2D eigenvalue weighted by molar-refractivity contribution is 0.211. The van der Waals surface area contributed by atoms with E-state index in [2.05, 4.69) is 12.1 Å². The first-order valence-corrected chi connectivity index (χ1v) is 5.58. The summed E-state index contributed by atoms with van der Waals surface area (Å²) in [6.45, 7) is 4.11. The molecule has 3 nitrogen and oxygen atoms in total. The van der Waals surface area contributed by atoms with Gasteiger partial charge in [-0.2, -0.15) is 0 Å². The molecule has 1 aliphatic rings. The fourth-order valence-corrected chi connectivity index (χ4v) is 2.31. The van der Waals surface area contributed by atoms with Crippen molar-refractivity contribution in [1.82, 2.24) is 0 Å². The van der Waals surface area contributed by atoms with Crippen LogP contribution in [0.2, 0.25) is 0 Å². The summed E-state index contributed by atoms with van der Waals surface area (Å²) in [5.74, 6) is 0.779. The van der Waals surface area contributed by atoms with Gasteiger partial charge < -0.3 is 9.94 Å². The third-order valence-electron chi connectivity index (χ3n) is 3.33. The molecule has 0 bridgehead atoms. The predicted molar refractivity (Wildman–Crippen MR) is 63.9 cm³/mol. The fourth-order valence-electron chi connectivity index (χ4n) is 2.31. The van der Waals surface area contributed by atoms with Crippen molar-refractivity contribution in [1.29, 1.82) is 0 Å². The zero-order valence-electron chi connectivity index (χ0n) is 9.95. The molecule has 1 unspecified atom stereocenters. The van der Waals surface area contributed by atoms with Crippen LogP contribution in [0.4, 0.5) is 0 Å². The zero-order valence-corrected chi connectivity index (χ0v) is 9.95. The van der Waals surface area contributed by atoms with Crippen LogP contribution in [0, 0.1) is 12.8 Å². The second-order valence-electron chi connectivity index (χ2n) is 4.33. The number of aromatic hydroxyl groups is 1. The van der Waals surface area contributed by atoms with E-state index in [0.717, 1.165) is 29.7 Å². The molecule has 3 heteroatoms. The van der Waals surface area contributed by atoms with Crippen LogP contribution in [0.1, 0.15) is 30.0 Å². The van der Waals surface area contributed by atoms with E-state index in [0.29, 0.717) is 11.7 Å². The van der Waals surface area contributed by atoms with Crippen LogP contribution in [0.5, 0.6) is 5.75 Å². The van der Waals surface area contributed by atoms with Crippen molar-refractivity contribution in [3.05, 3.63) is 28.8 Å². The number of phenols is 1. The van der Waals surface area contributed by atoms with Gasteiger partial charge in [0.05, 0.1) is 5.71 Å². The standard InChI is InChI=1S/C13H17NO2/c1-8-4-5-10-9(2)12(15)7-6-11(10)13(8)14-16-3/h6-8,15H,4-5H2,1-3H3. The minimum absolute atomic E-state index is 0.366. The smallest absolute Gasteiger partial charge is 0.118 e. The maximum Gasteiger partial charge on any atom is 0.118 e. The molecule has 16 heavy (non-hydrogen) atoms. The Balaban J connectivity index is 2.57. The van der Waals surface area contributed by atoms with Crippen molar-refractivity contribution < 1.29 is 9.94 Å². The highest BCUT2D eigenvalue weighted by Crippen LogP contribution is 2.32. The lowest BCUT2D eigenvalue weighted by atomic mass is 9.81. The van der Waals surface area contributed by atoms with E-state index in [1.165, 1.54) is 5.56 Å². The molecular weight excluding hydrogens is 202 g/mol. The van der Waals surface area contributed by atoms with Crippen LogP contribution in [-0.4, -0.2) is 17.9 Å². The lowest BCUT2D eigenvalue weighted by Crippen LogP contribution is -2.22. The molecule has 0 radical (unpaired) electrons. The van der Waals surface area contributed by atoms with Crippen LogP contribution in [0.15, 0.2) is 17.3 Å². The largest absolute Gasteiger partial charge is 0.508 e. The van der Waals surface area contributed by atoms with Crippen LogP contribution < -0.4 is 0 Å². The van der Waals surface area contributed by atoms with Crippen molar-refractivity contribution in [3.63, 3.8) is 0 Å². The molecule has 1 aromatic carbocycles. The number of oxime groups is 1. The minimum Gasteiger partial charge on any atom is -0.508 e. The van der Waals surface area contributed by atoms with Crippen LogP contribution in [0.3, 0.4) is 0 Å². The van der Waals surface area contributed by atoms with Crippen molar-refractivity contribution in [2.24, 2.45) is 11.1 Å². The topological polar surface area (TPSA) is 41.8 Å². The Bertz CT molecular complexity index is 438. The van der Waals surface area contributed by atoms with Gasteiger partial charge in [0.2, 0.25) is 0 Å². The monoisotopic (exact) mass is 219 g/mol. The maximum absolute atomic E-state index is 9.69. The highest BCUT2D eigenvalue weighted by Gasteiger charge is 2.24. The molecule has 2 rings (SSSR count). The number of benzene rings is 1. The molecule has 0 saturated carbocycles. The molecule has 0 fully saturated rings. The summed E-state index contributed by atoms with van der Waals surface area (Å²) in [6, 6.07) is 3.67. The molecule has 0 amide bonds. The quantitative estimate of drug-likeness (QED) is 0.738. The highest BCUT2D eigenvalue weighted by molar-refractivity contribution is 6.04. The summed E-state index contributed by atoms with van der Waals surface area (Å²) in [5.41, 5.74) is 4.28. The molecule has 0 aromatic heterocycles. The minimum atomic E-state index is 0.366. The van der Waals surface area contributed by atoms with Crippen LogP contribution in [0.25, 0.3) is 0 Å². The summed E-state index contributed by atoms with van der Waals surface area (Å²) < 4.78 is 0. The number of phenolic OH excluding ortho intramolecular Hbond substituents is 1. The van der Waals surface area contributed by atoms with E-state index in [4.69, 9.17) is 4.84 Å². The Hall–Kier alpha value is -1.51. The van der Waals surface area contributed by atoms with Crippen LogP contribution >= 0.6 is 0 Å². The van der Waals surface area contributed by atoms with Gasteiger partial charge >= 0.3 is 0 Å². The van der Waals surface area contributed by atoms with E-state index in [1.807, 2.05) is 13.0 Å². The average molecular weight is 219 g/mol. The van der Waals surface area contributed by atoms with Gasteiger partial charge in [0.1, 0.15) is 12.9 Å². The Morgan fingerprint density at radius 3 is 2.88 bits per heavy atom. The average Bonchev–Trinajstić information content (AvgIpc) is 2.27. The first-order valence-electron chi connectivity index (χ1n) is 5.58. The number of nitrogens with zero attached hydrogens (tertiary/aromatic N) is 1. The summed E-state index contributed by atoms with van der Waals surface area (Å²) in [7, 11) is 1.57. The van der Waals surface area contributed by atoms with Gasteiger partial charge in [0, 0.05) is 11.5 Å². The van der Waals surface area contributed by atoms with Gasteiger partial charge in [-0.15, -0.1) is 0 Å². The molecule has 1 aliphatic carbocycles.